The van der Waals surface area contributed by atoms with E-state index in [0.717, 1.165) is 21.5 Å². The third-order valence-electron chi connectivity index (χ3n) is 3.54. The number of hydrogen-bond donors (Lipinski definition) is 2. The van der Waals surface area contributed by atoms with Gasteiger partial charge in [-0.05, 0) is 24.3 Å². The van der Waals surface area contributed by atoms with Crippen molar-refractivity contribution in [1.29, 1.82) is 0 Å². The number of hydrazone groups is 1. The maximum Gasteiger partial charge on any atom is 0.328 e. The fourth-order valence-electron chi connectivity index (χ4n) is 2.37. The van der Waals surface area contributed by atoms with Crippen molar-refractivity contribution in [1.82, 2.24) is 15.4 Å². The number of amides is 1. The molecule has 0 radical (unpaired) electrons. The molecule has 0 unspecified atom stereocenters. The lowest BCUT2D eigenvalue weighted by atomic mass is 10.1. The molecule has 28 heavy (non-hydrogen) atoms. The van der Waals surface area contributed by atoms with E-state index < -0.39 is 11.9 Å². The van der Waals surface area contributed by atoms with Crippen LogP contribution in [0.3, 0.4) is 0 Å². The Morgan fingerprint density at radius 1 is 1.14 bits per heavy atom. The Labute approximate surface area is 172 Å². The number of fused-ring (bicyclic) bond motifs is 1. The van der Waals surface area contributed by atoms with Crippen molar-refractivity contribution in [2.75, 3.05) is 0 Å². The Hall–Kier alpha value is -3.10. The summed E-state index contributed by atoms with van der Waals surface area (Å²) in [5, 5.41) is 13.6. The highest BCUT2D eigenvalue weighted by atomic mass is 79.9. The van der Waals surface area contributed by atoms with Crippen LogP contribution in [-0.2, 0) is 9.59 Å². The van der Waals surface area contributed by atoms with E-state index in [0.29, 0.717) is 22.3 Å². The van der Waals surface area contributed by atoms with Crippen LogP contribution in [0.1, 0.15) is 5.82 Å². The van der Waals surface area contributed by atoms with Crippen molar-refractivity contribution in [3.63, 3.8) is 0 Å². The second-order valence-electron chi connectivity index (χ2n) is 5.48. The van der Waals surface area contributed by atoms with Crippen LogP contribution in [0.2, 0.25) is 5.02 Å². The van der Waals surface area contributed by atoms with Crippen LogP contribution < -0.4 is 5.43 Å². The minimum atomic E-state index is -1.23. The van der Waals surface area contributed by atoms with Gasteiger partial charge in [-0.15, -0.1) is 0 Å². The predicted molar refractivity (Wildman–Crippen MR) is 110 cm³/mol. The van der Waals surface area contributed by atoms with Crippen LogP contribution in [0.25, 0.3) is 22.2 Å². The SMILES string of the molecule is O=C(O)/C=C\C(=O)N/N=C/c1nc(-c2ccccc2Cl)c2cc(Br)ccc2n1. The van der Waals surface area contributed by atoms with Crippen molar-refractivity contribution in [2.24, 2.45) is 5.10 Å². The van der Waals surface area contributed by atoms with Gasteiger partial charge < -0.3 is 5.11 Å². The molecule has 1 amide bonds. The molecule has 140 valence electrons. The van der Waals surface area contributed by atoms with Crippen molar-refractivity contribution in [3.8, 4) is 11.3 Å². The van der Waals surface area contributed by atoms with Gasteiger partial charge in [0.05, 0.1) is 17.4 Å². The Kier molecular flexibility index (Phi) is 6.13. The van der Waals surface area contributed by atoms with Crippen LogP contribution in [0, 0.1) is 0 Å². The highest BCUT2D eigenvalue weighted by Gasteiger charge is 2.12. The highest BCUT2D eigenvalue weighted by Crippen LogP contribution is 2.32. The summed E-state index contributed by atoms with van der Waals surface area (Å²) in [7, 11) is 0. The summed E-state index contributed by atoms with van der Waals surface area (Å²) in [6, 6.07) is 12.9. The fourth-order valence-corrected chi connectivity index (χ4v) is 2.96. The smallest absolute Gasteiger partial charge is 0.328 e. The number of aromatic nitrogens is 2. The average Bonchev–Trinajstić information content (AvgIpc) is 2.66. The van der Waals surface area contributed by atoms with Gasteiger partial charge in [0.2, 0.25) is 0 Å². The van der Waals surface area contributed by atoms with Crippen molar-refractivity contribution < 1.29 is 14.7 Å². The number of halogens is 2. The Bertz CT molecular complexity index is 1130. The second-order valence-corrected chi connectivity index (χ2v) is 6.80. The molecular weight excluding hydrogens is 448 g/mol. The van der Waals surface area contributed by atoms with Gasteiger partial charge in [-0.25, -0.2) is 20.2 Å². The van der Waals surface area contributed by atoms with E-state index in [1.54, 1.807) is 6.07 Å². The number of carboxylic acid groups (broad SMARTS) is 1. The van der Waals surface area contributed by atoms with Gasteiger partial charge in [-0.3, -0.25) is 4.79 Å². The molecule has 2 N–H and O–H groups in total. The molecule has 0 aliphatic carbocycles. The zero-order chi connectivity index (χ0) is 20.1. The summed E-state index contributed by atoms with van der Waals surface area (Å²) in [6.45, 7) is 0. The normalized spacial score (nSPS) is 11.4. The molecule has 0 saturated heterocycles. The maximum absolute atomic E-state index is 11.5. The van der Waals surface area contributed by atoms with Gasteiger partial charge >= 0.3 is 5.97 Å². The van der Waals surface area contributed by atoms with E-state index in [2.05, 4.69) is 36.4 Å². The molecule has 3 rings (SSSR count). The molecule has 1 heterocycles. The molecule has 0 saturated carbocycles. The summed E-state index contributed by atoms with van der Waals surface area (Å²) in [4.78, 5) is 30.8. The summed E-state index contributed by atoms with van der Waals surface area (Å²) in [5.74, 6) is -1.66. The number of carboxylic acids is 1. The van der Waals surface area contributed by atoms with E-state index in [4.69, 9.17) is 16.7 Å². The Morgan fingerprint density at radius 3 is 2.68 bits per heavy atom. The maximum atomic E-state index is 11.5. The lowest BCUT2D eigenvalue weighted by molar-refractivity contribution is -0.131. The third kappa shape index (κ3) is 4.79. The average molecular weight is 460 g/mol. The summed E-state index contributed by atoms with van der Waals surface area (Å²) in [6.07, 6.45) is 2.84. The first-order valence-electron chi connectivity index (χ1n) is 7.90. The summed E-state index contributed by atoms with van der Waals surface area (Å²) in [5.41, 5.74) is 4.21. The van der Waals surface area contributed by atoms with Crippen LogP contribution in [0.4, 0.5) is 0 Å². The number of nitrogens with one attached hydrogen (secondary N) is 1. The minimum absolute atomic E-state index is 0.257. The lowest BCUT2D eigenvalue weighted by Crippen LogP contribution is -2.15. The van der Waals surface area contributed by atoms with Crippen molar-refractivity contribution >= 4 is 56.5 Å². The van der Waals surface area contributed by atoms with Gasteiger partial charge in [0.1, 0.15) is 0 Å². The van der Waals surface area contributed by atoms with Gasteiger partial charge in [-0.2, -0.15) is 5.10 Å². The number of carbonyl (C=O) groups is 2. The topological polar surface area (TPSA) is 105 Å². The van der Waals surface area contributed by atoms with Gasteiger partial charge in [-0.1, -0.05) is 45.7 Å². The zero-order valence-electron chi connectivity index (χ0n) is 14.1. The molecule has 1 aromatic heterocycles. The van der Waals surface area contributed by atoms with Crippen LogP contribution >= 0.6 is 27.5 Å². The molecule has 0 spiro atoms. The molecule has 9 heteroatoms. The van der Waals surface area contributed by atoms with E-state index in [1.807, 2.05) is 36.4 Å². The first-order chi connectivity index (χ1) is 13.4. The largest absolute Gasteiger partial charge is 0.478 e. The number of aliphatic carboxylic acids is 1. The number of benzene rings is 2. The van der Waals surface area contributed by atoms with Crippen LogP contribution in [-0.4, -0.2) is 33.2 Å². The van der Waals surface area contributed by atoms with E-state index in [1.165, 1.54) is 6.21 Å². The molecule has 0 aliphatic heterocycles. The molecule has 3 aromatic rings. The van der Waals surface area contributed by atoms with Crippen molar-refractivity contribution in [2.45, 2.75) is 0 Å². The standard InChI is InChI=1S/C19H12BrClN4O3/c20-11-5-6-15-13(9-11)19(12-3-1-2-4-14(12)21)24-16(23-15)10-22-25-17(26)7-8-18(27)28/h1-10H,(H,25,26)(H,27,28)/b8-7-,22-10+. The molecule has 0 bridgehead atoms. The number of carbonyl (C=O) groups excluding carboxylic acids is 1. The summed E-state index contributed by atoms with van der Waals surface area (Å²) < 4.78 is 0.871. The Balaban J connectivity index is 2.00. The number of nitrogens with zero attached hydrogens (tertiary/aromatic N) is 3. The molecule has 0 fully saturated rings. The predicted octanol–water partition coefficient (Wildman–Crippen LogP) is 3.80. The van der Waals surface area contributed by atoms with Gasteiger partial charge in [0.15, 0.2) is 5.82 Å². The monoisotopic (exact) mass is 458 g/mol. The van der Waals surface area contributed by atoms with E-state index in [-0.39, 0.29) is 5.82 Å². The second kappa shape index (κ2) is 8.73. The van der Waals surface area contributed by atoms with Crippen LogP contribution in [0.15, 0.2) is 64.2 Å². The molecule has 0 aliphatic rings. The lowest BCUT2D eigenvalue weighted by Gasteiger charge is -2.09. The first-order valence-corrected chi connectivity index (χ1v) is 9.07. The quantitative estimate of drug-likeness (QED) is 0.343. The first kappa shape index (κ1) is 19.7. The van der Waals surface area contributed by atoms with Gasteiger partial charge in [0, 0.05) is 32.6 Å². The zero-order valence-corrected chi connectivity index (χ0v) is 16.5. The summed E-state index contributed by atoms with van der Waals surface area (Å²) >= 11 is 9.79. The number of rotatable bonds is 5. The fraction of sp³-hybridized carbons (Fsp3) is 0. The molecule has 2 aromatic carbocycles. The van der Waals surface area contributed by atoms with E-state index in [9.17, 15) is 9.59 Å². The molecule has 0 atom stereocenters. The third-order valence-corrected chi connectivity index (χ3v) is 4.36. The van der Waals surface area contributed by atoms with E-state index >= 15 is 0 Å². The Morgan fingerprint density at radius 2 is 1.93 bits per heavy atom. The highest BCUT2D eigenvalue weighted by molar-refractivity contribution is 9.10. The van der Waals surface area contributed by atoms with Crippen molar-refractivity contribution in [3.05, 3.63) is 69.9 Å². The molecular formula is C19H12BrClN4O3. The van der Waals surface area contributed by atoms with Crippen LogP contribution in [0.5, 0.6) is 0 Å². The number of hydrogen-bond acceptors (Lipinski definition) is 5. The molecule has 7 nitrogen and oxygen atoms in total. The van der Waals surface area contributed by atoms with Gasteiger partial charge in [0.25, 0.3) is 5.91 Å². The minimum Gasteiger partial charge on any atom is -0.478 e.